The summed E-state index contributed by atoms with van der Waals surface area (Å²) >= 11 is 0. The molecule has 0 aliphatic carbocycles. The number of nitrogens with one attached hydrogen (secondary N) is 1. The first-order valence-electron chi connectivity index (χ1n) is 11.8. The van der Waals surface area contributed by atoms with Crippen LogP contribution in [0.2, 0.25) is 0 Å². The SMILES string of the molecule is Cc1ccc(/C=C2/CN(C)Cc3c2nc(Nc2ccccc2)c(C#N)c3-c2ccc(C)cc2)cc1. The minimum atomic E-state index is 0.571. The van der Waals surface area contributed by atoms with Gasteiger partial charge >= 0.3 is 0 Å². The van der Waals surface area contributed by atoms with Crippen molar-refractivity contribution in [2.45, 2.75) is 20.4 Å². The molecule has 2 heterocycles. The van der Waals surface area contributed by atoms with E-state index in [9.17, 15) is 5.26 Å². The maximum Gasteiger partial charge on any atom is 0.149 e. The number of para-hydroxylation sites is 1. The topological polar surface area (TPSA) is 52.0 Å². The summed E-state index contributed by atoms with van der Waals surface area (Å²) in [5, 5.41) is 13.8. The van der Waals surface area contributed by atoms with Crippen LogP contribution >= 0.6 is 0 Å². The minimum Gasteiger partial charge on any atom is -0.339 e. The van der Waals surface area contributed by atoms with E-state index in [4.69, 9.17) is 4.98 Å². The lowest BCUT2D eigenvalue weighted by Crippen LogP contribution is -2.28. The lowest BCUT2D eigenvalue weighted by Gasteiger charge is -2.30. The molecule has 0 unspecified atom stereocenters. The van der Waals surface area contributed by atoms with Crippen molar-refractivity contribution in [2.75, 3.05) is 18.9 Å². The Labute approximate surface area is 207 Å². The van der Waals surface area contributed by atoms with Crippen LogP contribution in [-0.2, 0) is 6.54 Å². The Bertz CT molecular complexity index is 1430. The molecule has 0 bridgehead atoms. The van der Waals surface area contributed by atoms with Crippen LogP contribution in [0.25, 0.3) is 22.8 Å². The number of nitrogens with zero attached hydrogens (tertiary/aromatic N) is 3. The van der Waals surface area contributed by atoms with E-state index in [1.807, 2.05) is 30.3 Å². The fourth-order valence-corrected chi connectivity index (χ4v) is 4.61. The first-order valence-corrected chi connectivity index (χ1v) is 11.8. The molecule has 172 valence electrons. The van der Waals surface area contributed by atoms with Crippen molar-refractivity contribution in [1.82, 2.24) is 9.88 Å². The average molecular weight is 457 g/mol. The van der Waals surface area contributed by atoms with Gasteiger partial charge < -0.3 is 5.32 Å². The Hall–Kier alpha value is -4.20. The van der Waals surface area contributed by atoms with Crippen LogP contribution in [0.1, 0.15) is 33.5 Å². The van der Waals surface area contributed by atoms with Gasteiger partial charge in [0.2, 0.25) is 0 Å². The zero-order chi connectivity index (χ0) is 24.4. The number of fused-ring (bicyclic) bond motifs is 1. The van der Waals surface area contributed by atoms with Gasteiger partial charge in [-0.1, -0.05) is 77.9 Å². The van der Waals surface area contributed by atoms with E-state index in [0.717, 1.165) is 52.3 Å². The molecule has 4 nitrogen and oxygen atoms in total. The van der Waals surface area contributed by atoms with Crippen LogP contribution in [0.15, 0.2) is 78.9 Å². The highest BCUT2D eigenvalue weighted by Crippen LogP contribution is 2.40. The van der Waals surface area contributed by atoms with Crippen LogP contribution < -0.4 is 5.32 Å². The fraction of sp³-hybridized carbons (Fsp3) is 0.161. The number of pyridine rings is 1. The van der Waals surface area contributed by atoms with Gasteiger partial charge in [0, 0.05) is 29.9 Å². The van der Waals surface area contributed by atoms with Crippen molar-refractivity contribution in [2.24, 2.45) is 0 Å². The largest absolute Gasteiger partial charge is 0.339 e. The van der Waals surface area contributed by atoms with E-state index in [0.29, 0.717) is 11.4 Å². The van der Waals surface area contributed by atoms with Gasteiger partial charge in [-0.3, -0.25) is 4.90 Å². The van der Waals surface area contributed by atoms with Crippen molar-refractivity contribution in [3.63, 3.8) is 0 Å². The third-order valence-corrected chi connectivity index (χ3v) is 6.38. The van der Waals surface area contributed by atoms with Crippen molar-refractivity contribution in [3.05, 3.63) is 112 Å². The molecule has 0 amide bonds. The van der Waals surface area contributed by atoms with Crippen molar-refractivity contribution in [1.29, 1.82) is 5.26 Å². The van der Waals surface area contributed by atoms with Gasteiger partial charge in [-0.05, 0) is 55.8 Å². The molecule has 4 aromatic rings. The van der Waals surface area contributed by atoms with Crippen LogP contribution in [-0.4, -0.2) is 23.5 Å². The molecule has 4 heteroatoms. The third kappa shape index (κ3) is 4.73. The predicted molar refractivity (Wildman–Crippen MR) is 144 cm³/mol. The fourth-order valence-electron chi connectivity index (χ4n) is 4.61. The second-order valence-corrected chi connectivity index (χ2v) is 9.26. The minimum absolute atomic E-state index is 0.571. The highest BCUT2D eigenvalue weighted by molar-refractivity contribution is 5.90. The van der Waals surface area contributed by atoms with E-state index < -0.39 is 0 Å². The molecule has 0 saturated heterocycles. The summed E-state index contributed by atoms with van der Waals surface area (Å²) in [6.45, 7) is 5.70. The van der Waals surface area contributed by atoms with Gasteiger partial charge in [-0.15, -0.1) is 0 Å². The molecule has 3 aromatic carbocycles. The summed E-state index contributed by atoms with van der Waals surface area (Å²) in [4.78, 5) is 7.37. The summed E-state index contributed by atoms with van der Waals surface area (Å²) < 4.78 is 0. The van der Waals surface area contributed by atoms with Crippen molar-refractivity contribution >= 4 is 23.2 Å². The molecule has 1 N–H and O–H groups in total. The van der Waals surface area contributed by atoms with Crippen LogP contribution in [0.4, 0.5) is 11.5 Å². The van der Waals surface area contributed by atoms with E-state index in [1.165, 1.54) is 11.1 Å². The first-order chi connectivity index (χ1) is 17.0. The molecule has 1 aromatic heterocycles. The zero-order valence-electron chi connectivity index (χ0n) is 20.3. The number of rotatable bonds is 4. The van der Waals surface area contributed by atoms with Crippen molar-refractivity contribution < 1.29 is 0 Å². The van der Waals surface area contributed by atoms with Crippen LogP contribution in [0.5, 0.6) is 0 Å². The highest BCUT2D eigenvalue weighted by atomic mass is 15.1. The molecular weight excluding hydrogens is 428 g/mol. The normalized spacial score (nSPS) is 14.4. The average Bonchev–Trinajstić information content (AvgIpc) is 2.86. The maximum absolute atomic E-state index is 10.3. The number of hydrogen-bond acceptors (Lipinski definition) is 4. The summed E-state index contributed by atoms with van der Waals surface area (Å²) in [5.41, 5.74) is 10.2. The number of benzene rings is 3. The molecule has 5 rings (SSSR count). The van der Waals surface area contributed by atoms with E-state index in [1.54, 1.807) is 0 Å². The predicted octanol–water partition coefficient (Wildman–Crippen LogP) is 6.97. The molecule has 0 fully saturated rings. The summed E-state index contributed by atoms with van der Waals surface area (Å²) in [7, 11) is 2.12. The molecule has 0 atom stereocenters. The smallest absolute Gasteiger partial charge is 0.149 e. The van der Waals surface area contributed by atoms with E-state index in [-0.39, 0.29) is 0 Å². The third-order valence-electron chi connectivity index (χ3n) is 6.38. The second kappa shape index (κ2) is 9.58. The quantitative estimate of drug-likeness (QED) is 0.360. The summed E-state index contributed by atoms with van der Waals surface area (Å²) in [6.07, 6.45) is 2.22. The molecule has 0 radical (unpaired) electrons. The van der Waals surface area contributed by atoms with E-state index >= 15 is 0 Å². The number of anilines is 2. The van der Waals surface area contributed by atoms with Gasteiger partial charge in [0.15, 0.2) is 0 Å². The standard InChI is InChI=1S/C31H28N4/c1-21-9-13-23(14-10-21)17-25-19-35(3)20-28-29(24-15-11-22(2)12-16-24)27(18-32)31(34-30(25)28)33-26-7-5-4-6-8-26/h4-17H,19-20H2,1-3H3,(H,33,34)/b25-17-. The van der Waals surface area contributed by atoms with Gasteiger partial charge in [-0.25, -0.2) is 4.98 Å². The van der Waals surface area contributed by atoms with Gasteiger partial charge in [0.05, 0.1) is 5.69 Å². The second-order valence-electron chi connectivity index (χ2n) is 9.26. The summed E-state index contributed by atoms with van der Waals surface area (Å²) in [6, 6.07) is 29.3. The van der Waals surface area contributed by atoms with Gasteiger partial charge in [0.25, 0.3) is 0 Å². The molecule has 1 aliphatic heterocycles. The Morgan fingerprint density at radius 3 is 2.20 bits per heavy atom. The monoisotopic (exact) mass is 456 g/mol. The number of aryl methyl sites for hydroxylation is 2. The summed E-state index contributed by atoms with van der Waals surface area (Å²) in [5.74, 6) is 0.590. The first kappa shape index (κ1) is 22.6. The van der Waals surface area contributed by atoms with E-state index in [2.05, 4.69) is 91.8 Å². The van der Waals surface area contributed by atoms with Gasteiger partial charge in [0.1, 0.15) is 17.5 Å². The highest BCUT2D eigenvalue weighted by Gasteiger charge is 2.27. The lowest BCUT2D eigenvalue weighted by atomic mass is 9.88. The Balaban J connectivity index is 1.76. The molecule has 0 saturated carbocycles. The maximum atomic E-state index is 10.3. The Morgan fingerprint density at radius 2 is 1.54 bits per heavy atom. The van der Waals surface area contributed by atoms with Gasteiger partial charge in [-0.2, -0.15) is 5.26 Å². The zero-order valence-corrected chi connectivity index (χ0v) is 20.3. The number of hydrogen-bond donors (Lipinski definition) is 1. The van der Waals surface area contributed by atoms with Crippen LogP contribution in [0, 0.1) is 25.2 Å². The molecular formula is C31H28N4. The molecule has 1 aliphatic rings. The number of nitriles is 1. The van der Waals surface area contributed by atoms with Crippen LogP contribution in [0.3, 0.4) is 0 Å². The molecule has 35 heavy (non-hydrogen) atoms. The molecule has 0 spiro atoms. The Morgan fingerprint density at radius 1 is 0.886 bits per heavy atom. The number of aromatic nitrogens is 1. The lowest BCUT2D eigenvalue weighted by molar-refractivity contribution is 0.358. The Kier molecular flexibility index (Phi) is 6.18. The van der Waals surface area contributed by atoms with Crippen molar-refractivity contribution in [3.8, 4) is 17.2 Å². The number of likely N-dealkylation sites (N-methyl/N-ethyl adjacent to an activating group) is 1.